The highest BCUT2D eigenvalue weighted by molar-refractivity contribution is 7.21. The van der Waals surface area contributed by atoms with Crippen LogP contribution in [0, 0.1) is 11.3 Å². The lowest BCUT2D eigenvalue weighted by molar-refractivity contribution is -0.140. The number of aromatic nitrogens is 1. The summed E-state index contributed by atoms with van der Waals surface area (Å²) in [6, 6.07) is 13.5. The summed E-state index contributed by atoms with van der Waals surface area (Å²) in [7, 11) is 0. The molecule has 4 rings (SSSR count). The summed E-state index contributed by atoms with van der Waals surface area (Å²) in [5.74, 6) is -0.528. The van der Waals surface area contributed by atoms with E-state index in [1.54, 1.807) is 19.9 Å². The Labute approximate surface area is 165 Å². The van der Waals surface area contributed by atoms with Crippen molar-refractivity contribution in [3.8, 4) is 16.6 Å². The van der Waals surface area contributed by atoms with E-state index in [0.29, 0.717) is 17.0 Å². The number of furan rings is 1. The van der Waals surface area contributed by atoms with Gasteiger partial charge in [-0.05, 0) is 25.5 Å². The number of hydrogen-bond acceptors (Lipinski definition) is 6. The Morgan fingerprint density at radius 2 is 2.00 bits per heavy atom. The first kappa shape index (κ1) is 17.9. The van der Waals surface area contributed by atoms with Gasteiger partial charge in [0.1, 0.15) is 22.4 Å². The second-order valence-electron chi connectivity index (χ2n) is 6.23. The van der Waals surface area contributed by atoms with Gasteiger partial charge in [-0.2, -0.15) is 5.26 Å². The Hall–Kier alpha value is -3.50. The molecule has 0 radical (unpaired) electrons. The van der Waals surface area contributed by atoms with Crippen molar-refractivity contribution < 1.29 is 14.0 Å². The predicted octanol–water partition coefficient (Wildman–Crippen LogP) is 4.17. The van der Waals surface area contributed by atoms with Gasteiger partial charge in [-0.3, -0.25) is 14.5 Å². The Kier molecular flexibility index (Phi) is 4.41. The molecule has 1 aliphatic rings. The Bertz CT molecular complexity index is 1180. The quantitative estimate of drug-likeness (QED) is 0.496. The third-order valence-corrected chi connectivity index (χ3v) is 5.59. The molecule has 2 aromatic heterocycles. The third kappa shape index (κ3) is 2.84. The van der Waals surface area contributed by atoms with Crippen molar-refractivity contribution in [1.82, 2.24) is 9.88 Å². The van der Waals surface area contributed by atoms with Gasteiger partial charge in [0.2, 0.25) is 5.71 Å². The number of nitriles is 1. The number of thiazole rings is 1. The van der Waals surface area contributed by atoms with Crippen LogP contribution >= 0.6 is 11.3 Å². The smallest absolute Gasteiger partial charge is 0.271 e. The first-order valence-corrected chi connectivity index (χ1v) is 9.50. The molecule has 2 amide bonds. The fraction of sp³-hybridized carbons (Fsp3) is 0.143. The summed E-state index contributed by atoms with van der Waals surface area (Å²) < 4.78 is 6.66. The molecule has 1 aromatic carbocycles. The van der Waals surface area contributed by atoms with E-state index >= 15 is 0 Å². The van der Waals surface area contributed by atoms with Crippen LogP contribution in [-0.2, 0) is 9.59 Å². The average molecular weight is 389 g/mol. The largest absolute Gasteiger partial charge is 0.437 e. The molecule has 3 aromatic rings. The van der Waals surface area contributed by atoms with E-state index in [1.165, 1.54) is 11.3 Å². The Balaban J connectivity index is 1.76. The number of amides is 2. The standard InChI is InChI=1S/C21H15N3O3S/c1-3-24-20(25)15(12(2)16(11-22)21(24)26)9-14-10-17-18(27-14)23-19(28-17)13-7-5-4-6-8-13/h4-10H,3H2,1-2H3/b15-9-. The number of nitrogens with zero attached hydrogens (tertiary/aromatic N) is 3. The molecule has 0 fully saturated rings. The highest BCUT2D eigenvalue weighted by Gasteiger charge is 2.34. The molecule has 3 heterocycles. The number of hydrogen-bond donors (Lipinski definition) is 0. The minimum atomic E-state index is -0.556. The monoisotopic (exact) mass is 389 g/mol. The third-order valence-electron chi connectivity index (χ3n) is 4.56. The molecule has 0 bridgehead atoms. The van der Waals surface area contributed by atoms with Crippen LogP contribution in [0.3, 0.4) is 0 Å². The molecule has 0 N–H and O–H groups in total. The molecule has 0 spiro atoms. The van der Waals surface area contributed by atoms with Crippen molar-refractivity contribution in [1.29, 1.82) is 5.26 Å². The van der Waals surface area contributed by atoms with Crippen molar-refractivity contribution in [2.24, 2.45) is 0 Å². The lowest BCUT2D eigenvalue weighted by Crippen LogP contribution is -2.42. The summed E-state index contributed by atoms with van der Waals surface area (Å²) in [5, 5.41) is 10.2. The highest BCUT2D eigenvalue weighted by atomic mass is 32.1. The molecule has 6 nitrogen and oxygen atoms in total. The number of fused-ring (bicyclic) bond motifs is 1. The molecule has 7 heteroatoms. The van der Waals surface area contributed by atoms with Crippen LogP contribution in [0.2, 0.25) is 0 Å². The zero-order valence-corrected chi connectivity index (χ0v) is 16.0. The molecule has 1 aliphatic heterocycles. The fourth-order valence-corrected chi connectivity index (χ4v) is 4.03. The second-order valence-corrected chi connectivity index (χ2v) is 7.26. The number of imide groups is 1. The predicted molar refractivity (Wildman–Crippen MR) is 106 cm³/mol. The van der Waals surface area contributed by atoms with Gasteiger partial charge in [-0.1, -0.05) is 30.3 Å². The lowest BCUT2D eigenvalue weighted by Gasteiger charge is -2.25. The maximum atomic E-state index is 12.7. The molecular weight excluding hydrogens is 374 g/mol. The van der Waals surface area contributed by atoms with Gasteiger partial charge in [0, 0.05) is 23.7 Å². The van der Waals surface area contributed by atoms with E-state index in [2.05, 4.69) is 4.98 Å². The first-order chi connectivity index (χ1) is 13.5. The van der Waals surface area contributed by atoms with Gasteiger partial charge in [-0.15, -0.1) is 11.3 Å². The van der Waals surface area contributed by atoms with Gasteiger partial charge in [0.25, 0.3) is 11.8 Å². The van der Waals surface area contributed by atoms with Crippen molar-refractivity contribution >= 4 is 39.6 Å². The maximum Gasteiger partial charge on any atom is 0.271 e. The van der Waals surface area contributed by atoms with E-state index in [9.17, 15) is 14.9 Å². The Morgan fingerprint density at radius 3 is 2.64 bits per heavy atom. The minimum absolute atomic E-state index is 0.0226. The number of likely N-dealkylation sites (N-methyl/N-ethyl adjacent to an activating group) is 1. The minimum Gasteiger partial charge on any atom is -0.437 e. The molecule has 0 saturated carbocycles. The van der Waals surface area contributed by atoms with E-state index in [-0.39, 0.29) is 17.7 Å². The number of rotatable bonds is 3. The van der Waals surface area contributed by atoms with Crippen molar-refractivity contribution in [3.05, 3.63) is 58.9 Å². The van der Waals surface area contributed by atoms with E-state index in [0.717, 1.165) is 20.2 Å². The molecule has 0 aliphatic carbocycles. The molecule has 138 valence electrons. The van der Waals surface area contributed by atoms with E-state index in [1.807, 2.05) is 42.5 Å². The van der Waals surface area contributed by atoms with Crippen molar-refractivity contribution in [2.45, 2.75) is 13.8 Å². The van der Waals surface area contributed by atoms with E-state index < -0.39 is 11.8 Å². The van der Waals surface area contributed by atoms with Gasteiger partial charge < -0.3 is 4.42 Å². The van der Waals surface area contributed by atoms with Crippen LogP contribution in [0.15, 0.2) is 57.5 Å². The summed E-state index contributed by atoms with van der Waals surface area (Å²) in [4.78, 5) is 30.5. The topological polar surface area (TPSA) is 87.2 Å². The molecule has 28 heavy (non-hydrogen) atoms. The molecule has 0 atom stereocenters. The van der Waals surface area contributed by atoms with Crippen molar-refractivity contribution in [3.63, 3.8) is 0 Å². The lowest BCUT2D eigenvalue weighted by atomic mass is 9.95. The number of benzene rings is 1. The van der Waals surface area contributed by atoms with E-state index in [4.69, 9.17) is 4.42 Å². The summed E-state index contributed by atoms with van der Waals surface area (Å²) in [5.41, 5.74) is 2.12. The normalized spacial score (nSPS) is 16.3. The van der Waals surface area contributed by atoms with Gasteiger partial charge in [-0.25, -0.2) is 4.98 Å². The fourth-order valence-electron chi connectivity index (χ4n) is 3.09. The number of carbonyl (C=O) groups is 2. The summed E-state index contributed by atoms with van der Waals surface area (Å²) in [6.07, 6.45) is 1.57. The molecule has 0 unspecified atom stereocenters. The van der Waals surface area contributed by atoms with Crippen LogP contribution in [0.5, 0.6) is 0 Å². The van der Waals surface area contributed by atoms with Crippen LogP contribution < -0.4 is 0 Å². The van der Waals surface area contributed by atoms with Crippen LogP contribution in [-0.4, -0.2) is 28.2 Å². The SMILES string of the molecule is CCN1C(=O)C(C#N)=C(C)/C(=C/c2cc3sc(-c4ccccc4)nc3o2)C1=O. The van der Waals surface area contributed by atoms with Crippen LogP contribution in [0.25, 0.3) is 27.1 Å². The van der Waals surface area contributed by atoms with Gasteiger partial charge >= 0.3 is 0 Å². The van der Waals surface area contributed by atoms with Gasteiger partial charge in [0.05, 0.1) is 4.70 Å². The summed E-state index contributed by atoms with van der Waals surface area (Å²) in [6.45, 7) is 3.49. The van der Waals surface area contributed by atoms with Gasteiger partial charge in [0.15, 0.2) is 0 Å². The number of carbonyl (C=O) groups excluding carboxylic acids is 2. The average Bonchev–Trinajstić information content (AvgIpc) is 3.25. The highest BCUT2D eigenvalue weighted by Crippen LogP contribution is 2.34. The zero-order valence-electron chi connectivity index (χ0n) is 15.2. The van der Waals surface area contributed by atoms with Crippen LogP contribution in [0.1, 0.15) is 19.6 Å². The first-order valence-electron chi connectivity index (χ1n) is 8.68. The van der Waals surface area contributed by atoms with Crippen LogP contribution in [0.4, 0.5) is 0 Å². The zero-order chi connectivity index (χ0) is 19.8. The Morgan fingerprint density at radius 1 is 1.25 bits per heavy atom. The summed E-state index contributed by atoms with van der Waals surface area (Å²) >= 11 is 1.50. The maximum absolute atomic E-state index is 12.7. The van der Waals surface area contributed by atoms with Crippen molar-refractivity contribution in [2.75, 3.05) is 6.54 Å². The molecule has 0 saturated heterocycles. The second kappa shape index (κ2) is 6.91. The molecular formula is C21H15N3O3S.